The number of aryl methyl sites for hydroxylation is 1. The maximum absolute atomic E-state index is 12.9. The highest BCUT2D eigenvalue weighted by atomic mass is 16.5. The predicted octanol–water partition coefficient (Wildman–Crippen LogP) is 1.50. The zero-order chi connectivity index (χ0) is 18.4. The van der Waals surface area contributed by atoms with Gasteiger partial charge in [-0.2, -0.15) is 11.1 Å². The van der Waals surface area contributed by atoms with Gasteiger partial charge in [-0.1, -0.05) is 31.2 Å². The molecule has 1 heterocycles. The highest BCUT2D eigenvalue weighted by Crippen LogP contribution is 2.19. The highest BCUT2D eigenvalue weighted by molar-refractivity contribution is 5.93. The summed E-state index contributed by atoms with van der Waals surface area (Å²) in [4.78, 5) is 12.9. The van der Waals surface area contributed by atoms with Gasteiger partial charge in [0.05, 0.1) is 19.2 Å². The van der Waals surface area contributed by atoms with Crippen molar-refractivity contribution in [2.45, 2.75) is 25.9 Å². The monoisotopic (exact) mass is 355 g/mol. The van der Waals surface area contributed by atoms with Gasteiger partial charge >= 0.3 is 0 Å². The fourth-order valence-corrected chi connectivity index (χ4v) is 2.90. The van der Waals surface area contributed by atoms with Gasteiger partial charge < -0.3 is 10.1 Å². The summed E-state index contributed by atoms with van der Waals surface area (Å²) >= 11 is 0. The number of amides is 1. The average molecular weight is 355 g/mol. The van der Waals surface area contributed by atoms with E-state index in [2.05, 4.69) is 34.2 Å². The van der Waals surface area contributed by atoms with E-state index in [9.17, 15) is 4.79 Å². The van der Waals surface area contributed by atoms with Crippen molar-refractivity contribution in [1.29, 1.82) is 0 Å². The Balaban J connectivity index is 1.72. The quantitative estimate of drug-likeness (QED) is 0.517. The minimum atomic E-state index is -0.322. The van der Waals surface area contributed by atoms with Gasteiger partial charge in [0.25, 0.3) is 0 Å². The average Bonchev–Trinajstić information content (AvgIpc) is 3.21. The van der Waals surface area contributed by atoms with E-state index in [4.69, 9.17) is 4.74 Å². The highest BCUT2D eigenvalue weighted by Gasteiger charge is 2.30. The molecule has 1 unspecified atom stereocenters. The molecular formula is C19H25N5O2. The number of anilines is 1. The Morgan fingerprint density at radius 3 is 2.23 bits per heavy atom. The largest absolute Gasteiger partial charge is 0.497 e. The number of methoxy groups -OCH3 is 1. The molecule has 0 bridgehead atoms. The summed E-state index contributed by atoms with van der Waals surface area (Å²) in [6.45, 7) is 2.11. The Hall–Kier alpha value is -2.45. The maximum atomic E-state index is 12.9. The first-order valence-corrected chi connectivity index (χ1v) is 8.73. The zero-order valence-corrected chi connectivity index (χ0v) is 15.0. The normalized spacial score (nSPS) is 15.6. The van der Waals surface area contributed by atoms with E-state index < -0.39 is 0 Å². The minimum absolute atomic E-state index is 0.0550. The summed E-state index contributed by atoms with van der Waals surface area (Å²) in [5.74, 6) is 0.420. The number of ether oxygens (including phenoxy) is 1. The van der Waals surface area contributed by atoms with E-state index >= 15 is 0 Å². The van der Waals surface area contributed by atoms with Gasteiger partial charge in [-0.05, 0) is 48.2 Å². The Bertz CT molecular complexity index is 712. The van der Waals surface area contributed by atoms with Crippen LogP contribution in [0.1, 0.15) is 18.1 Å². The summed E-state index contributed by atoms with van der Waals surface area (Å²) in [5.41, 5.74) is 14.7. The van der Waals surface area contributed by atoms with Crippen LogP contribution in [0.15, 0.2) is 48.5 Å². The van der Waals surface area contributed by atoms with Crippen molar-refractivity contribution in [2.75, 3.05) is 12.4 Å². The predicted molar refractivity (Wildman–Crippen MR) is 101 cm³/mol. The van der Waals surface area contributed by atoms with Crippen molar-refractivity contribution in [3.05, 3.63) is 59.7 Å². The van der Waals surface area contributed by atoms with Gasteiger partial charge in [0.15, 0.2) is 0 Å². The van der Waals surface area contributed by atoms with Crippen molar-refractivity contribution < 1.29 is 9.53 Å². The fraction of sp³-hybridized carbons (Fsp3) is 0.316. The molecule has 7 nitrogen and oxygen atoms in total. The minimum Gasteiger partial charge on any atom is -0.497 e. The number of carbonyl (C=O) groups is 1. The van der Waals surface area contributed by atoms with Gasteiger partial charge in [-0.3, -0.25) is 4.79 Å². The Kier molecular flexibility index (Phi) is 6.19. The summed E-state index contributed by atoms with van der Waals surface area (Å²) in [6.07, 6.45) is 1.31. The van der Waals surface area contributed by atoms with Crippen LogP contribution in [-0.2, 0) is 17.6 Å². The topological polar surface area (TPSA) is 86.5 Å². The lowest BCUT2D eigenvalue weighted by Crippen LogP contribution is -2.47. The van der Waals surface area contributed by atoms with Crippen LogP contribution in [0.3, 0.4) is 0 Å². The molecular weight excluding hydrogens is 330 g/mol. The molecule has 138 valence electrons. The fourth-order valence-electron chi connectivity index (χ4n) is 2.90. The number of nitrogens with one attached hydrogen (secondary N) is 5. The molecule has 1 fully saturated rings. The van der Waals surface area contributed by atoms with Crippen LogP contribution in [0.25, 0.3) is 0 Å². The van der Waals surface area contributed by atoms with Gasteiger partial charge in [0.1, 0.15) is 5.75 Å². The van der Waals surface area contributed by atoms with E-state index in [0.717, 1.165) is 23.4 Å². The van der Waals surface area contributed by atoms with E-state index in [1.807, 2.05) is 48.5 Å². The Labute approximate surface area is 153 Å². The van der Waals surface area contributed by atoms with Gasteiger partial charge in [0.2, 0.25) is 5.91 Å². The van der Waals surface area contributed by atoms with Gasteiger partial charge in [-0.15, -0.1) is 0 Å². The molecule has 0 aliphatic carbocycles. The molecule has 2 aromatic carbocycles. The molecule has 0 radical (unpaired) electrons. The van der Waals surface area contributed by atoms with Crippen LogP contribution in [0.5, 0.6) is 5.75 Å². The van der Waals surface area contributed by atoms with Crippen LogP contribution in [-0.4, -0.2) is 19.2 Å². The third kappa shape index (κ3) is 4.59. The third-order valence-electron chi connectivity index (χ3n) is 4.50. The number of carbonyl (C=O) groups excluding carboxylic acids is 1. The standard InChI is InChI=1S/C19H25N5O2/c1-3-13-4-8-15(9-5-13)20-19(25)17(18-21-23-24-22-18)12-14-6-10-16(26-2)11-7-14/h4-11,17-18,21-24H,3,12H2,1-2H3,(H,20,25). The van der Waals surface area contributed by atoms with Crippen LogP contribution < -0.4 is 32.0 Å². The van der Waals surface area contributed by atoms with E-state index in [0.29, 0.717) is 6.42 Å². The number of rotatable bonds is 7. The second kappa shape index (κ2) is 8.77. The lowest BCUT2D eigenvalue weighted by Gasteiger charge is -2.22. The van der Waals surface area contributed by atoms with E-state index in [1.54, 1.807) is 7.11 Å². The molecule has 1 atom stereocenters. The first-order valence-electron chi connectivity index (χ1n) is 8.73. The molecule has 3 rings (SSSR count). The summed E-state index contributed by atoms with van der Waals surface area (Å²) in [7, 11) is 1.64. The zero-order valence-electron chi connectivity index (χ0n) is 15.0. The molecule has 26 heavy (non-hydrogen) atoms. The van der Waals surface area contributed by atoms with Crippen LogP contribution in [0, 0.1) is 5.92 Å². The lowest BCUT2D eigenvalue weighted by molar-refractivity contribution is -0.120. The maximum Gasteiger partial charge on any atom is 0.230 e. The lowest BCUT2D eigenvalue weighted by atomic mass is 9.95. The molecule has 1 saturated heterocycles. The van der Waals surface area contributed by atoms with Crippen LogP contribution >= 0.6 is 0 Å². The molecule has 0 aromatic heterocycles. The summed E-state index contributed by atoms with van der Waals surface area (Å²) in [6, 6.07) is 15.7. The molecule has 2 aromatic rings. The summed E-state index contributed by atoms with van der Waals surface area (Å²) < 4.78 is 5.20. The molecule has 0 saturated carbocycles. The van der Waals surface area contributed by atoms with E-state index in [-0.39, 0.29) is 18.0 Å². The van der Waals surface area contributed by atoms with Crippen LogP contribution in [0.2, 0.25) is 0 Å². The van der Waals surface area contributed by atoms with Gasteiger partial charge in [0, 0.05) is 5.69 Å². The number of benzene rings is 2. The number of hydrazine groups is 3. The third-order valence-corrected chi connectivity index (χ3v) is 4.50. The molecule has 1 amide bonds. The van der Waals surface area contributed by atoms with E-state index in [1.165, 1.54) is 5.56 Å². The van der Waals surface area contributed by atoms with Crippen LogP contribution in [0.4, 0.5) is 5.69 Å². The molecule has 1 aliphatic rings. The molecule has 1 aliphatic heterocycles. The first kappa shape index (κ1) is 18.3. The molecule has 5 N–H and O–H groups in total. The van der Waals surface area contributed by atoms with Gasteiger partial charge in [-0.25, -0.2) is 10.9 Å². The smallest absolute Gasteiger partial charge is 0.230 e. The van der Waals surface area contributed by atoms with Crippen molar-refractivity contribution in [3.8, 4) is 5.75 Å². The number of hydrogen-bond donors (Lipinski definition) is 5. The van der Waals surface area contributed by atoms with Crippen molar-refractivity contribution in [3.63, 3.8) is 0 Å². The second-order valence-corrected chi connectivity index (χ2v) is 6.21. The second-order valence-electron chi connectivity index (χ2n) is 6.21. The van der Waals surface area contributed by atoms with Crippen molar-refractivity contribution >= 4 is 11.6 Å². The first-order chi connectivity index (χ1) is 12.7. The van der Waals surface area contributed by atoms with Crippen molar-refractivity contribution in [2.24, 2.45) is 5.92 Å². The number of hydrogen-bond acceptors (Lipinski definition) is 6. The van der Waals surface area contributed by atoms with Crippen molar-refractivity contribution in [1.82, 2.24) is 21.9 Å². The SMILES string of the molecule is CCc1ccc(NC(=O)C(Cc2ccc(OC)cc2)C2NNNN2)cc1. The molecule has 7 heteroatoms. The summed E-state index contributed by atoms with van der Waals surface area (Å²) in [5, 5.41) is 3.01. The Morgan fingerprint density at radius 1 is 1.04 bits per heavy atom. The molecule has 0 spiro atoms. The Morgan fingerprint density at radius 2 is 1.65 bits per heavy atom.